The highest BCUT2D eigenvalue weighted by molar-refractivity contribution is 5.94. The van der Waals surface area contributed by atoms with Gasteiger partial charge in [0.05, 0.1) is 19.8 Å². The highest BCUT2D eigenvalue weighted by Gasteiger charge is 2.20. The van der Waals surface area contributed by atoms with Crippen molar-refractivity contribution in [3.63, 3.8) is 0 Å². The highest BCUT2D eigenvalue weighted by Crippen LogP contribution is 2.22. The summed E-state index contributed by atoms with van der Waals surface area (Å²) in [6.45, 7) is 5.21. The zero-order valence-electron chi connectivity index (χ0n) is 12.1. The fraction of sp³-hybridized carbons (Fsp3) is 0.533. The predicted molar refractivity (Wildman–Crippen MR) is 77.1 cm³/mol. The highest BCUT2D eigenvalue weighted by atomic mass is 16.5. The van der Waals surface area contributed by atoms with Gasteiger partial charge >= 0.3 is 0 Å². The van der Waals surface area contributed by atoms with Crippen molar-refractivity contribution in [3.8, 4) is 5.75 Å². The van der Waals surface area contributed by atoms with Crippen LogP contribution < -0.4 is 10.5 Å². The Kier molecular flexibility index (Phi) is 5.11. The molecule has 1 unspecified atom stereocenters. The molecule has 1 aliphatic rings. The Bertz CT molecular complexity index is 476. The number of carbonyl (C=O) groups is 1. The van der Waals surface area contributed by atoms with E-state index in [9.17, 15) is 4.79 Å². The van der Waals surface area contributed by atoms with Crippen LogP contribution >= 0.6 is 0 Å². The molecule has 1 heterocycles. The van der Waals surface area contributed by atoms with E-state index in [4.69, 9.17) is 15.2 Å². The number of Topliss-reactive ketones (excluding diaryl/α,β-unsaturated/α-hetero) is 1. The molecular formula is C15H22N2O3. The lowest BCUT2D eigenvalue weighted by atomic mass is 10.1. The van der Waals surface area contributed by atoms with Gasteiger partial charge in [0.25, 0.3) is 0 Å². The van der Waals surface area contributed by atoms with Gasteiger partial charge in [-0.2, -0.15) is 0 Å². The number of ether oxygens (including phenoxy) is 2. The largest absolute Gasteiger partial charge is 0.496 e. The van der Waals surface area contributed by atoms with E-state index < -0.39 is 0 Å². The maximum Gasteiger partial charge on any atom is 0.159 e. The molecule has 0 saturated carbocycles. The van der Waals surface area contributed by atoms with E-state index in [2.05, 4.69) is 4.90 Å². The third kappa shape index (κ3) is 3.56. The first-order valence-electron chi connectivity index (χ1n) is 6.86. The van der Waals surface area contributed by atoms with Crippen LogP contribution in [0.1, 0.15) is 22.8 Å². The van der Waals surface area contributed by atoms with Crippen molar-refractivity contribution in [2.75, 3.05) is 33.4 Å². The van der Waals surface area contributed by atoms with Gasteiger partial charge in [-0.25, -0.2) is 0 Å². The lowest BCUT2D eigenvalue weighted by Gasteiger charge is -2.32. The Morgan fingerprint density at radius 1 is 1.55 bits per heavy atom. The second-order valence-corrected chi connectivity index (χ2v) is 5.05. The third-order valence-corrected chi connectivity index (χ3v) is 3.57. The van der Waals surface area contributed by atoms with Crippen LogP contribution in [0.15, 0.2) is 18.2 Å². The van der Waals surface area contributed by atoms with Crippen molar-refractivity contribution < 1.29 is 14.3 Å². The zero-order valence-corrected chi connectivity index (χ0v) is 12.1. The van der Waals surface area contributed by atoms with E-state index in [0.717, 1.165) is 30.9 Å². The van der Waals surface area contributed by atoms with E-state index in [1.165, 1.54) is 0 Å². The minimum absolute atomic E-state index is 0.0655. The smallest absolute Gasteiger partial charge is 0.159 e. The summed E-state index contributed by atoms with van der Waals surface area (Å²) >= 11 is 0. The molecular weight excluding hydrogens is 256 g/mol. The number of morpholine rings is 1. The molecule has 2 rings (SSSR count). The first kappa shape index (κ1) is 15.0. The van der Waals surface area contributed by atoms with Crippen LogP contribution in [0.3, 0.4) is 0 Å². The number of carbonyl (C=O) groups excluding carboxylic acids is 1. The van der Waals surface area contributed by atoms with Crippen molar-refractivity contribution >= 4 is 5.78 Å². The molecule has 1 aliphatic heterocycles. The second kappa shape index (κ2) is 6.83. The molecule has 0 spiro atoms. The Hall–Kier alpha value is -1.43. The topological polar surface area (TPSA) is 64.8 Å². The summed E-state index contributed by atoms with van der Waals surface area (Å²) in [7, 11) is 1.65. The summed E-state index contributed by atoms with van der Waals surface area (Å²) in [5.41, 5.74) is 7.40. The van der Waals surface area contributed by atoms with Gasteiger partial charge in [-0.05, 0) is 25.1 Å². The van der Waals surface area contributed by atoms with Crippen molar-refractivity contribution in [2.45, 2.75) is 19.6 Å². The maximum absolute atomic E-state index is 11.5. The number of methoxy groups -OCH3 is 1. The number of benzene rings is 1. The normalized spacial score (nSPS) is 19.9. The molecule has 5 heteroatoms. The molecule has 0 amide bonds. The Morgan fingerprint density at radius 2 is 2.35 bits per heavy atom. The first-order valence-corrected chi connectivity index (χ1v) is 6.86. The molecule has 1 fully saturated rings. The fourth-order valence-corrected chi connectivity index (χ4v) is 2.43. The quantitative estimate of drug-likeness (QED) is 0.816. The molecule has 1 aromatic carbocycles. The summed E-state index contributed by atoms with van der Waals surface area (Å²) in [4.78, 5) is 13.8. The number of nitrogens with zero attached hydrogens (tertiary/aromatic N) is 1. The summed E-state index contributed by atoms with van der Waals surface area (Å²) in [5, 5.41) is 0. The molecule has 0 bridgehead atoms. The van der Waals surface area contributed by atoms with E-state index in [-0.39, 0.29) is 11.9 Å². The van der Waals surface area contributed by atoms with Gasteiger partial charge in [-0.1, -0.05) is 0 Å². The molecule has 0 aliphatic carbocycles. The lowest BCUT2D eigenvalue weighted by molar-refractivity contribution is -0.0262. The van der Waals surface area contributed by atoms with Crippen LogP contribution in [0.25, 0.3) is 0 Å². The first-order chi connectivity index (χ1) is 9.63. The van der Waals surface area contributed by atoms with E-state index in [1.54, 1.807) is 20.1 Å². The second-order valence-electron chi connectivity index (χ2n) is 5.05. The number of hydrogen-bond acceptors (Lipinski definition) is 5. The average Bonchev–Trinajstić information content (AvgIpc) is 2.47. The number of nitrogens with two attached hydrogens (primary N) is 1. The number of ketones is 1. The van der Waals surface area contributed by atoms with Gasteiger partial charge in [0, 0.05) is 37.3 Å². The molecule has 0 radical (unpaired) electrons. The van der Waals surface area contributed by atoms with Gasteiger partial charge in [0.15, 0.2) is 5.78 Å². The van der Waals surface area contributed by atoms with Crippen molar-refractivity contribution in [2.24, 2.45) is 5.73 Å². The van der Waals surface area contributed by atoms with Crippen molar-refractivity contribution in [1.29, 1.82) is 0 Å². The van der Waals surface area contributed by atoms with Crippen molar-refractivity contribution in [3.05, 3.63) is 29.3 Å². The van der Waals surface area contributed by atoms with Crippen LogP contribution in [-0.4, -0.2) is 50.1 Å². The summed E-state index contributed by atoms with van der Waals surface area (Å²) in [6.07, 6.45) is 0.0886. The summed E-state index contributed by atoms with van der Waals surface area (Å²) in [5.74, 6) is 0.876. The molecule has 0 aromatic heterocycles. The molecule has 1 atom stereocenters. The van der Waals surface area contributed by atoms with Gasteiger partial charge in [0.2, 0.25) is 0 Å². The Morgan fingerprint density at radius 3 is 3.00 bits per heavy atom. The monoisotopic (exact) mass is 278 g/mol. The molecule has 2 N–H and O–H groups in total. The predicted octanol–water partition coefficient (Wildman–Crippen LogP) is 1.06. The third-order valence-electron chi connectivity index (χ3n) is 3.57. The zero-order chi connectivity index (χ0) is 14.5. The van der Waals surface area contributed by atoms with Crippen LogP contribution in [0.4, 0.5) is 0 Å². The lowest BCUT2D eigenvalue weighted by Crippen LogP contribution is -2.45. The molecule has 5 nitrogen and oxygen atoms in total. The maximum atomic E-state index is 11.5. The van der Waals surface area contributed by atoms with Crippen LogP contribution in [0, 0.1) is 0 Å². The molecule has 1 saturated heterocycles. The Labute approximate surface area is 119 Å². The summed E-state index contributed by atoms with van der Waals surface area (Å²) < 4.78 is 10.9. The molecule has 110 valence electrons. The summed E-state index contributed by atoms with van der Waals surface area (Å²) in [6, 6.07) is 5.56. The van der Waals surface area contributed by atoms with Crippen molar-refractivity contribution in [1.82, 2.24) is 4.90 Å². The Balaban J connectivity index is 2.14. The van der Waals surface area contributed by atoms with Gasteiger partial charge in [-0.3, -0.25) is 9.69 Å². The molecule has 1 aromatic rings. The van der Waals surface area contributed by atoms with Gasteiger partial charge in [0.1, 0.15) is 5.75 Å². The van der Waals surface area contributed by atoms with Crippen LogP contribution in [0.2, 0.25) is 0 Å². The number of rotatable bonds is 5. The van der Waals surface area contributed by atoms with Crippen LogP contribution in [-0.2, 0) is 11.3 Å². The van der Waals surface area contributed by atoms with Crippen LogP contribution in [0.5, 0.6) is 5.75 Å². The van der Waals surface area contributed by atoms with Gasteiger partial charge in [-0.15, -0.1) is 0 Å². The number of hydrogen-bond donors (Lipinski definition) is 1. The van der Waals surface area contributed by atoms with E-state index in [1.807, 2.05) is 12.1 Å². The fourth-order valence-electron chi connectivity index (χ4n) is 2.43. The van der Waals surface area contributed by atoms with E-state index in [0.29, 0.717) is 18.7 Å². The average molecular weight is 278 g/mol. The van der Waals surface area contributed by atoms with E-state index >= 15 is 0 Å². The minimum atomic E-state index is 0.0655. The SMILES string of the molecule is COc1ccc(C(C)=O)cc1CN1CCOC(CN)C1. The minimum Gasteiger partial charge on any atom is -0.496 e. The van der Waals surface area contributed by atoms with Gasteiger partial charge < -0.3 is 15.2 Å². The standard InChI is InChI=1S/C15H22N2O3/c1-11(18)12-3-4-15(19-2)13(7-12)9-17-5-6-20-14(8-16)10-17/h3-4,7,14H,5-6,8-10,16H2,1-2H3. The molecule has 20 heavy (non-hydrogen) atoms.